The monoisotopic (exact) mass is 410 g/mol. The molecule has 2 aliphatic heterocycles. The zero-order valence-electron chi connectivity index (χ0n) is 13.8. The molecule has 1 saturated heterocycles. The van der Waals surface area contributed by atoms with Crippen molar-refractivity contribution >= 4 is 44.8 Å². The highest BCUT2D eigenvalue weighted by molar-refractivity contribution is 9.10. The number of morpholine rings is 1. The van der Waals surface area contributed by atoms with E-state index in [0.29, 0.717) is 4.91 Å². The van der Waals surface area contributed by atoms with Gasteiger partial charge in [0, 0.05) is 23.1 Å². The summed E-state index contributed by atoms with van der Waals surface area (Å²) in [4.78, 5) is 19.2. The Morgan fingerprint density at radius 1 is 1.38 bits per heavy atom. The summed E-state index contributed by atoms with van der Waals surface area (Å²) >= 11 is 4.86. The van der Waals surface area contributed by atoms with Crippen LogP contribution in [0, 0.1) is 0 Å². The summed E-state index contributed by atoms with van der Waals surface area (Å²) in [6.07, 6.45) is 2.09. The van der Waals surface area contributed by atoms with E-state index in [0.717, 1.165) is 34.0 Å². The summed E-state index contributed by atoms with van der Waals surface area (Å²) in [6.45, 7) is 5.56. The van der Waals surface area contributed by atoms with Gasteiger partial charge < -0.3 is 14.4 Å². The van der Waals surface area contributed by atoms with Crippen molar-refractivity contribution in [3.05, 3.63) is 33.1 Å². The standard InChI is InChI=1S/C17H19BrN2O3S/c1-10-8-20(9-11(2)23-10)17-19-16(21)15(24-17)7-12-6-13(18)4-5-14(12)22-3/h4-7,10-11H,8-9H2,1-3H3/b15-7-/t10-,11+. The number of hydrogen-bond donors (Lipinski definition) is 0. The highest BCUT2D eigenvalue weighted by Crippen LogP contribution is 2.34. The van der Waals surface area contributed by atoms with Gasteiger partial charge in [-0.3, -0.25) is 4.79 Å². The Kier molecular flexibility index (Phi) is 5.32. The number of amides is 1. The topological polar surface area (TPSA) is 51.1 Å². The lowest BCUT2D eigenvalue weighted by Crippen LogP contribution is -2.47. The van der Waals surface area contributed by atoms with Gasteiger partial charge in [0.2, 0.25) is 0 Å². The molecule has 0 bridgehead atoms. The maximum absolute atomic E-state index is 12.3. The van der Waals surface area contributed by atoms with Crippen molar-refractivity contribution in [3.8, 4) is 5.75 Å². The van der Waals surface area contributed by atoms with Gasteiger partial charge in [0.25, 0.3) is 5.91 Å². The zero-order valence-corrected chi connectivity index (χ0v) is 16.2. The van der Waals surface area contributed by atoms with Crippen LogP contribution in [0.15, 0.2) is 32.6 Å². The second-order valence-electron chi connectivity index (χ2n) is 5.86. The molecule has 0 aliphatic carbocycles. The Morgan fingerprint density at radius 2 is 2.08 bits per heavy atom. The van der Waals surface area contributed by atoms with E-state index in [-0.39, 0.29) is 18.1 Å². The molecule has 0 saturated carbocycles. The van der Waals surface area contributed by atoms with E-state index in [1.54, 1.807) is 7.11 Å². The summed E-state index contributed by atoms with van der Waals surface area (Å²) in [5.41, 5.74) is 0.850. The van der Waals surface area contributed by atoms with Gasteiger partial charge in [0.1, 0.15) is 5.75 Å². The molecular formula is C17H19BrN2O3S. The van der Waals surface area contributed by atoms with Gasteiger partial charge in [0.15, 0.2) is 5.17 Å². The minimum atomic E-state index is -0.205. The molecule has 128 valence electrons. The van der Waals surface area contributed by atoms with Crippen LogP contribution in [0.2, 0.25) is 0 Å². The molecule has 0 radical (unpaired) electrons. The van der Waals surface area contributed by atoms with E-state index >= 15 is 0 Å². The van der Waals surface area contributed by atoms with Gasteiger partial charge in [-0.2, -0.15) is 4.99 Å². The first-order chi connectivity index (χ1) is 11.5. The molecule has 24 heavy (non-hydrogen) atoms. The third-order valence-corrected chi connectivity index (χ3v) is 5.32. The molecule has 1 fully saturated rings. The number of ether oxygens (including phenoxy) is 2. The molecule has 0 N–H and O–H groups in total. The number of thioether (sulfide) groups is 1. The number of aliphatic imine (C=N–C) groups is 1. The van der Waals surface area contributed by atoms with E-state index < -0.39 is 0 Å². The number of rotatable bonds is 2. The molecule has 2 heterocycles. The molecule has 0 spiro atoms. The molecule has 2 atom stereocenters. The predicted octanol–water partition coefficient (Wildman–Crippen LogP) is 3.54. The molecule has 5 nitrogen and oxygen atoms in total. The lowest BCUT2D eigenvalue weighted by Gasteiger charge is -2.35. The largest absolute Gasteiger partial charge is 0.496 e. The molecule has 1 aromatic carbocycles. The second-order valence-corrected chi connectivity index (χ2v) is 7.78. The van der Waals surface area contributed by atoms with Gasteiger partial charge >= 0.3 is 0 Å². The van der Waals surface area contributed by atoms with Crippen LogP contribution in [-0.2, 0) is 9.53 Å². The van der Waals surface area contributed by atoms with Gasteiger partial charge in [-0.15, -0.1) is 0 Å². The van der Waals surface area contributed by atoms with Crippen molar-refractivity contribution in [1.29, 1.82) is 0 Å². The Bertz CT molecular complexity index is 710. The molecule has 2 aliphatic rings. The first-order valence-electron chi connectivity index (χ1n) is 7.72. The Labute approximate surface area is 154 Å². The normalized spacial score (nSPS) is 26.0. The predicted molar refractivity (Wildman–Crippen MR) is 100 cm³/mol. The Balaban J connectivity index is 1.81. The van der Waals surface area contributed by atoms with Crippen LogP contribution in [0.3, 0.4) is 0 Å². The smallest absolute Gasteiger partial charge is 0.286 e. The minimum Gasteiger partial charge on any atom is -0.496 e. The fourth-order valence-corrected chi connectivity index (χ4v) is 4.13. The van der Waals surface area contributed by atoms with Crippen molar-refractivity contribution in [1.82, 2.24) is 4.90 Å². The summed E-state index contributed by atoms with van der Waals surface area (Å²) < 4.78 is 12.0. The van der Waals surface area contributed by atoms with E-state index in [1.807, 2.05) is 38.1 Å². The van der Waals surface area contributed by atoms with E-state index in [2.05, 4.69) is 25.8 Å². The fraction of sp³-hybridized carbons (Fsp3) is 0.412. The quantitative estimate of drug-likeness (QED) is 0.697. The summed E-state index contributed by atoms with van der Waals surface area (Å²) in [5.74, 6) is 0.519. The van der Waals surface area contributed by atoms with Crippen LogP contribution in [0.1, 0.15) is 19.4 Å². The molecule has 0 aromatic heterocycles. The number of carbonyl (C=O) groups excluding carboxylic acids is 1. The maximum atomic E-state index is 12.3. The number of benzene rings is 1. The molecule has 3 rings (SSSR count). The van der Waals surface area contributed by atoms with Crippen molar-refractivity contribution in [2.45, 2.75) is 26.1 Å². The average molecular weight is 411 g/mol. The zero-order chi connectivity index (χ0) is 17.3. The Morgan fingerprint density at radius 3 is 2.75 bits per heavy atom. The van der Waals surface area contributed by atoms with Crippen molar-refractivity contribution in [2.24, 2.45) is 4.99 Å². The maximum Gasteiger partial charge on any atom is 0.286 e. The number of carbonyl (C=O) groups is 1. The third kappa shape index (κ3) is 3.84. The Hall–Kier alpha value is -1.31. The van der Waals surface area contributed by atoms with Crippen LogP contribution < -0.4 is 4.74 Å². The highest BCUT2D eigenvalue weighted by atomic mass is 79.9. The fourth-order valence-electron chi connectivity index (χ4n) is 2.83. The number of halogens is 1. The van der Waals surface area contributed by atoms with Crippen molar-refractivity contribution < 1.29 is 14.3 Å². The number of nitrogens with zero attached hydrogens (tertiary/aromatic N) is 2. The lowest BCUT2D eigenvalue weighted by molar-refractivity contribution is -0.113. The summed E-state index contributed by atoms with van der Waals surface area (Å²) in [6, 6.07) is 5.70. The SMILES string of the molecule is COc1ccc(Br)cc1/C=C1\SC(N2C[C@@H](C)O[C@@H](C)C2)=NC1=O. The van der Waals surface area contributed by atoms with Crippen molar-refractivity contribution in [3.63, 3.8) is 0 Å². The van der Waals surface area contributed by atoms with Gasteiger partial charge in [-0.1, -0.05) is 15.9 Å². The molecule has 1 aromatic rings. The van der Waals surface area contributed by atoms with E-state index in [4.69, 9.17) is 9.47 Å². The van der Waals surface area contributed by atoms with Gasteiger partial charge in [-0.05, 0) is 49.9 Å². The van der Waals surface area contributed by atoms with Crippen LogP contribution >= 0.6 is 27.7 Å². The molecular weight excluding hydrogens is 392 g/mol. The number of methoxy groups -OCH3 is 1. The number of amidine groups is 1. The minimum absolute atomic E-state index is 0.130. The molecule has 7 heteroatoms. The highest BCUT2D eigenvalue weighted by Gasteiger charge is 2.31. The second kappa shape index (κ2) is 7.29. The van der Waals surface area contributed by atoms with E-state index in [1.165, 1.54) is 11.8 Å². The molecule has 1 amide bonds. The van der Waals surface area contributed by atoms with Crippen LogP contribution in [0.5, 0.6) is 5.75 Å². The molecule has 0 unspecified atom stereocenters. The summed E-state index contributed by atoms with van der Waals surface area (Å²) in [7, 11) is 1.62. The lowest BCUT2D eigenvalue weighted by atomic mass is 10.2. The van der Waals surface area contributed by atoms with Gasteiger partial charge in [0.05, 0.1) is 24.2 Å². The first-order valence-corrected chi connectivity index (χ1v) is 9.33. The van der Waals surface area contributed by atoms with Crippen molar-refractivity contribution in [2.75, 3.05) is 20.2 Å². The van der Waals surface area contributed by atoms with Crippen LogP contribution in [0.4, 0.5) is 0 Å². The number of hydrogen-bond acceptors (Lipinski definition) is 5. The van der Waals surface area contributed by atoms with Gasteiger partial charge in [-0.25, -0.2) is 0 Å². The summed E-state index contributed by atoms with van der Waals surface area (Å²) in [5, 5.41) is 0.752. The van der Waals surface area contributed by atoms with E-state index in [9.17, 15) is 4.79 Å². The third-order valence-electron chi connectivity index (χ3n) is 3.78. The first kappa shape index (κ1) is 17.5. The van der Waals surface area contributed by atoms with Crippen LogP contribution in [-0.4, -0.2) is 48.4 Å². The average Bonchev–Trinajstić information content (AvgIpc) is 2.88. The van der Waals surface area contributed by atoms with Crippen LogP contribution in [0.25, 0.3) is 6.08 Å².